The van der Waals surface area contributed by atoms with Gasteiger partial charge in [0.15, 0.2) is 0 Å². The third-order valence-electron chi connectivity index (χ3n) is 2.42. The molecular weight excluding hydrogens is 190 g/mol. The summed E-state index contributed by atoms with van der Waals surface area (Å²) < 4.78 is 0. The zero-order valence-corrected chi connectivity index (χ0v) is 9.19. The summed E-state index contributed by atoms with van der Waals surface area (Å²) in [5, 5.41) is 0.932. The molecule has 1 heterocycles. The number of hydrogen-bond donors (Lipinski definition) is 1. The smallest absolute Gasteiger partial charge is 0.0895 e. The summed E-state index contributed by atoms with van der Waals surface area (Å²) in [6, 6.07) is 10.4. The Bertz CT molecular complexity index is 443. The predicted octanol–water partition coefficient (Wildman–Crippen LogP) is 3.61. The van der Waals surface area contributed by atoms with Gasteiger partial charge < -0.3 is 5.73 Å². The van der Waals surface area contributed by atoms with E-state index in [9.17, 15) is 0 Å². The van der Waals surface area contributed by atoms with E-state index in [0.29, 0.717) is 0 Å². The van der Waals surface area contributed by atoms with Gasteiger partial charge in [0, 0.05) is 10.4 Å². The Morgan fingerprint density at radius 3 is 2.21 bits per heavy atom. The molecule has 0 aliphatic rings. The zero-order chi connectivity index (χ0) is 10.1. The van der Waals surface area contributed by atoms with Gasteiger partial charge in [-0.15, -0.1) is 11.3 Å². The van der Waals surface area contributed by atoms with Crippen molar-refractivity contribution in [2.75, 3.05) is 5.73 Å². The third kappa shape index (κ3) is 1.42. The minimum atomic E-state index is 0.932. The van der Waals surface area contributed by atoms with E-state index in [2.05, 4.69) is 38.1 Å². The molecule has 14 heavy (non-hydrogen) atoms. The molecule has 0 radical (unpaired) electrons. The maximum atomic E-state index is 5.90. The minimum Gasteiger partial charge on any atom is -0.390 e. The van der Waals surface area contributed by atoms with Gasteiger partial charge in [0.2, 0.25) is 0 Å². The van der Waals surface area contributed by atoms with Gasteiger partial charge in [-0.2, -0.15) is 0 Å². The second-order valence-corrected chi connectivity index (χ2v) is 4.64. The zero-order valence-electron chi connectivity index (χ0n) is 8.37. The van der Waals surface area contributed by atoms with Crippen molar-refractivity contribution in [3.8, 4) is 11.1 Å². The molecule has 0 saturated carbocycles. The van der Waals surface area contributed by atoms with E-state index < -0.39 is 0 Å². The molecule has 0 atom stereocenters. The van der Waals surface area contributed by atoms with Crippen molar-refractivity contribution in [3.05, 3.63) is 40.8 Å². The van der Waals surface area contributed by atoms with Gasteiger partial charge in [-0.3, -0.25) is 0 Å². The van der Waals surface area contributed by atoms with E-state index in [-0.39, 0.29) is 0 Å². The van der Waals surface area contributed by atoms with Crippen molar-refractivity contribution >= 4 is 16.3 Å². The van der Waals surface area contributed by atoms with E-state index in [1.807, 2.05) is 6.07 Å². The van der Waals surface area contributed by atoms with E-state index in [4.69, 9.17) is 5.73 Å². The minimum absolute atomic E-state index is 0.932. The molecule has 0 amide bonds. The van der Waals surface area contributed by atoms with Crippen molar-refractivity contribution in [2.45, 2.75) is 13.8 Å². The maximum Gasteiger partial charge on any atom is 0.0895 e. The van der Waals surface area contributed by atoms with E-state index in [1.54, 1.807) is 11.3 Å². The van der Waals surface area contributed by atoms with E-state index >= 15 is 0 Å². The lowest BCUT2D eigenvalue weighted by Gasteiger charge is -2.01. The van der Waals surface area contributed by atoms with Gasteiger partial charge in [0.1, 0.15) is 0 Å². The summed E-state index contributed by atoms with van der Waals surface area (Å²) >= 11 is 1.67. The predicted molar refractivity (Wildman–Crippen MR) is 63.6 cm³/mol. The summed E-state index contributed by atoms with van der Waals surface area (Å²) in [5.41, 5.74) is 9.66. The quantitative estimate of drug-likeness (QED) is 0.752. The van der Waals surface area contributed by atoms with Gasteiger partial charge in [-0.1, -0.05) is 30.3 Å². The highest BCUT2D eigenvalue weighted by atomic mass is 32.1. The van der Waals surface area contributed by atoms with Crippen molar-refractivity contribution in [2.24, 2.45) is 0 Å². The second-order valence-electron chi connectivity index (χ2n) is 3.39. The van der Waals surface area contributed by atoms with Crippen LogP contribution in [0, 0.1) is 13.8 Å². The Hall–Kier alpha value is -1.28. The van der Waals surface area contributed by atoms with Gasteiger partial charge in [0.25, 0.3) is 0 Å². The van der Waals surface area contributed by atoms with Crippen molar-refractivity contribution in [3.63, 3.8) is 0 Å². The average molecular weight is 203 g/mol. The Labute approximate surface area is 88.2 Å². The first-order valence-electron chi connectivity index (χ1n) is 4.61. The molecule has 0 aliphatic heterocycles. The summed E-state index contributed by atoms with van der Waals surface area (Å²) in [7, 11) is 0. The van der Waals surface area contributed by atoms with Crippen LogP contribution in [0.4, 0.5) is 5.00 Å². The highest BCUT2D eigenvalue weighted by Crippen LogP contribution is 2.36. The summed E-state index contributed by atoms with van der Waals surface area (Å²) in [5.74, 6) is 0. The van der Waals surface area contributed by atoms with Gasteiger partial charge >= 0.3 is 0 Å². The number of thiophene rings is 1. The molecule has 2 N–H and O–H groups in total. The summed E-state index contributed by atoms with van der Waals surface area (Å²) in [6.45, 7) is 4.21. The first-order valence-corrected chi connectivity index (χ1v) is 5.42. The molecule has 1 aromatic heterocycles. The first kappa shape index (κ1) is 9.28. The van der Waals surface area contributed by atoms with Crippen LogP contribution >= 0.6 is 11.3 Å². The molecule has 0 unspecified atom stereocenters. The van der Waals surface area contributed by atoms with Gasteiger partial charge in [0.05, 0.1) is 5.00 Å². The number of nitrogens with two attached hydrogens (primary N) is 1. The summed E-state index contributed by atoms with van der Waals surface area (Å²) in [6.07, 6.45) is 0. The third-order valence-corrected chi connectivity index (χ3v) is 3.46. The van der Waals surface area contributed by atoms with Crippen LogP contribution in [0.5, 0.6) is 0 Å². The SMILES string of the molecule is Cc1sc(N)c(C)c1-c1ccccc1. The Morgan fingerprint density at radius 1 is 1.07 bits per heavy atom. The number of nitrogen functional groups attached to an aromatic ring is 1. The lowest BCUT2D eigenvalue weighted by Crippen LogP contribution is -1.84. The fourth-order valence-electron chi connectivity index (χ4n) is 1.70. The van der Waals surface area contributed by atoms with Crippen LogP contribution in [0.25, 0.3) is 11.1 Å². The molecular formula is C12H13NS. The molecule has 72 valence electrons. The van der Waals surface area contributed by atoms with Crippen molar-refractivity contribution in [1.29, 1.82) is 0 Å². The van der Waals surface area contributed by atoms with Crippen LogP contribution in [0.15, 0.2) is 30.3 Å². The van der Waals surface area contributed by atoms with Crippen molar-refractivity contribution < 1.29 is 0 Å². The number of aryl methyl sites for hydroxylation is 1. The number of rotatable bonds is 1. The molecule has 2 heteroatoms. The molecule has 1 aromatic carbocycles. The topological polar surface area (TPSA) is 26.0 Å². The van der Waals surface area contributed by atoms with Gasteiger partial charge in [-0.05, 0) is 25.0 Å². The standard InChI is InChI=1S/C12H13NS/c1-8-11(9(2)14-12(8)13)10-6-4-3-5-7-10/h3-7H,13H2,1-2H3. The Balaban J connectivity index is 2.62. The summed E-state index contributed by atoms with van der Waals surface area (Å²) in [4.78, 5) is 1.30. The molecule has 2 rings (SSSR count). The molecule has 1 nitrogen and oxygen atoms in total. The van der Waals surface area contributed by atoms with Crippen LogP contribution in [0.1, 0.15) is 10.4 Å². The first-order chi connectivity index (χ1) is 6.70. The average Bonchev–Trinajstić information content (AvgIpc) is 2.43. The number of anilines is 1. The highest BCUT2D eigenvalue weighted by Gasteiger charge is 2.10. The van der Waals surface area contributed by atoms with Crippen molar-refractivity contribution in [1.82, 2.24) is 0 Å². The number of benzene rings is 1. The van der Waals surface area contributed by atoms with Gasteiger partial charge in [-0.25, -0.2) is 0 Å². The number of hydrogen-bond acceptors (Lipinski definition) is 2. The van der Waals surface area contributed by atoms with Crippen LogP contribution < -0.4 is 5.73 Å². The fourth-order valence-corrected chi connectivity index (χ4v) is 2.66. The van der Waals surface area contributed by atoms with E-state index in [1.165, 1.54) is 21.6 Å². The molecule has 0 fully saturated rings. The lowest BCUT2D eigenvalue weighted by molar-refractivity contribution is 1.48. The highest BCUT2D eigenvalue weighted by molar-refractivity contribution is 7.16. The van der Waals surface area contributed by atoms with Crippen LogP contribution in [0.3, 0.4) is 0 Å². The van der Waals surface area contributed by atoms with Crippen LogP contribution in [-0.2, 0) is 0 Å². The Kier molecular flexibility index (Phi) is 2.30. The lowest BCUT2D eigenvalue weighted by atomic mass is 10.0. The van der Waals surface area contributed by atoms with Crippen LogP contribution in [-0.4, -0.2) is 0 Å². The van der Waals surface area contributed by atoms with E-state index in [0.717, 1.165) is 5.00 Å². The molecule has 0 saturated heterocycles. The molecule has 0 aliphatic carbocycles. The fraction of sp³-hybridized carbons (Fsp3) is 0.167. The maximum absolute atomic E-state index is 5.90. The molecule has 0 spiro atoms. The van der Waals surface area contributed by atoms with Crippen LogP contribution in [0.2, 0.25) is 0 Å². The largest absolute Gasteiger partial charge is 0.390 e. The Morgan fingerprint density at radius 2 is 1.71 bits per heavy atom. The monoisotopic (exact) mass is 203 g/mol. The normalized spacial score (nSPS) is 10.4. The molecule has 2 aromatic rings. The second kappa shape index (κ2) is 3.46. The molecule has 0 bridgehead atoms.